The van der Waals surface area contributed by atoms with Gasteiger partial charge in [-0.25, -0.2) is 4.39 Å². The fourth-order valence-corrected chi connectivity index (χ4v) is 1.87. The molecule has 1 aromatic carbocycles. The minimum absolute atomic E-state index is 0.239. The summed E-state index contributed by atoms with van der Waals surface area (Å²) in [5.74, 6) is -0.455. The van der Waals surface area contributed by atoms with Gasteiger partial charge in [-0.1, -0.05) is 15.9 Å². The highest BCUT2D eigenvalue weighted by Gasteiger charge is 2.13. The van der Waals surface area contributed by atoms with Crippen LogP contribution in [-0.2, 0) is 4.79 Å². The van der Waals surface area contributed by atoms with Gasteiger partial charge in [-0.15, -0.1) is 0 Å². The summed E-state index contributed by atoms with van der Waals surface area (Å²) in [6.45, 7) is 4.58. The van der Waals surface area contributed by atoms with Gasteiger partial charge < -0.3 is 15.3 Å². The highest BCUT2D eigenvalue weighted by molar-refractivity contribution is 9.10. The van der Waals surface area contributed by atoms with Crippen LogP contribution in [0.25, 0.3) is 0 Å². The second-order valence-corrected chi connectivity index (χ2v) is 5.80. The third kappa shape index (κ3) is 5.67. The van der Waals surface area contributed by atoms with E-state index in [-0.39, 0.29) is 5.69 Å². The molecule has 0 aliphatic rings. The predicted molar refractivity (Wildman–Crippen MR) is 76.7 cm³/mol. The molecule has 0 fully saturated rings. The summed E-state index contributed by atoms with van der Waals surface area (Å²) in [7, 11) is 0. The van der Waals surface area contributed by atoms with Crippen LogP contribution < -0.4 is 10.2 Å². The van der Waals surface area contributed by atoms with Gasteiger partial charge in [0.25, 0.3) is 0 Å². The highest BCUT2D eigenvalue weighted by Crippen LogP contribution is 2.22. The number of aliphatic hydroxyl groups is 1. The number of rotatable bonds is 7. The first-order chi connectivity index (χ1) is 8.83. The number of hydrogen-bond acceptors (Lipinski definition) is 3. The van der Waals surface area contributed by atoms with Gasteiger partial charge in [-0.05, 0) is 32.0 Å². The van der Waals surface area contributed by atoms with Gasteiger partial charge in [0.2, 0.25) is 6.41 Å². The van der Waals surface area contributed by atoms with Crippen LogP contribution in [0, 0.1) is 5.82 Å². The molecule has 1 rings (SSSR count). The Labute approximate surface area is 120 Å². The van der Waals surface area contributed by atoms with Crippen molar-refractivity contribution in [3.8, 4) is 0 Å². The lowest BCUT2D eigenvalue weighted by atomic mass is 10.1. The average molecular weight is 333 g/mol. The Morgan fingerprint density at radius 3 is 2.74 bits per heavy atom. The van der Waals surface area contributed by atoms with Crippen molar-refractivity contribution in [3.05, 3.63) is 28.5 Å². The first-order valence-electron chi connectivity index (χ1n) is 5.93. The molecule has 0 aliphatic heterocycles. The van der Waals surface area contributed by atoms with E-state index in [2.05, 4.69) is 21.2 Å². The van der Waals surface area contributed by atoms with Crippen molar-refractivity contribution in [1.29, 1.82) is 0 Å². The number of anilines is 1. The summed E-state index contributed by atoms with van der Waals surface area (Å²) in [6, 6.07) is 4.54. The SMILES string of the molecule is CC(C)(O)CNCCN(C=O)c1ccc(Br)cc1F. The first kappa shape index (κ1) is 16.1. The lowest BCUT2D eigenvalue weighted by molar-refractivity contribution is -0.107. The second-order valence-electron chi connectivity index (χ2n) is 4.88. The number of carbonyl (C=O) groups excluding carboxylic acids is 1. The van der Waals surface area contributed by atoms with Gasteiger partial charge in [-0.3, -0.25) is 4.79 Å². The zero-order valence-electron chi connectivity index (χ0n) is 11.0. The minimum atomic E-state index is -0.811. The fraction of sp³-hybridized carbons (Fsp3) is 0.462. The van der Waals surface area contributed by atoms with E-state index in [1.165, 1.54) is 11.0 Å². The molecule has 0 radical (unpaired) electrons. The molecule has 0 atom stereocenters. The number of halogens is 2. The number of nitrogens with one attached hydrogen (secondary N) is 1. The van der Waals surface area contributed by atoms with Crippen LogP contribution in [0.5, 0.6) is 0 Å². The lowest BCUT2D eigenvalue weighted by Gasteiger charge is -2.21. The third-order valence-electron chi connectivity index (χ3n) is 2.43. The Balaban J connectivity index is 2.56. The summed E-state index contributed by atoms with van der Waals surface area (Å²) in [5.41, 5.74) is -0.572. The van der Waals surface area contributed by atoms with Gasteiger partial charge >= 0.3 is 0 Å². The molecular formula is C13H18BrFN2O2. The van der Waals surface area contributed by atoms with Crippen molar-refractivity contribution in [3.63, 3.8) is 0 Å². The standard InChI is InChI=1S/C13H18BrFN2O2/c1-13(2,19)8-16-5-6-17(9-18)12-4-3-10(14)7-11(12)15/h3-4,7,9,16,19H,5-6,8H2,1-2H3. The number of amides is 1. The smallest absolute Gasteiger partial charge is 0.214 e. The quantitative estimate of drug-likeness (QED) is 0.592. The average Bonchev–Trinajstić information content (AvgIpc) is 2.29. The molecule has 2 N–H and O–H groups in total. The highest BCUT2D eigenvalue weighted by atomic mass is 79.9. The van der Waals surface area contributed by atoms with E-state index in [0.29, 0.717) is 30.5 Å². The van der Waals surface area contributed by atoms with E-state index in [0.717, 1.165) is 0 Å². The van der Waals surface area contributed by atoms with Gasteiger partial charge in [0, 0.05) is 24.1 Å². The molecule has 4 nitrogen and oxygen atoms in total. The molecular weight excluding hydrogens is 315 g/mol. The number of hydrogen-bond donors (Lipinski definition) is 2. The Bertz CT molecular complexity index is 435. The summed E-state index contributed by atoms with van der Waals surface area (Å²) >= 11 is 3.17. The predicted octanol–water partition coefficient (Wildman–Crippen LogP) is 1.91. The first-order valence-corrected chi connectivity index (χ1v) is 6.73. The van der Waals surface area contributed by atoms with Crippen molar-refractivity contribution >= 4 is 28.0 Å². The van der Waals surface area contributed by atoms with E-state index < -0.39 is 11.4 Å². The molecule has 0 saturated carbocycles. The molecule has 0 unspecified atom stereocenters. The molecule has 6 heteroatoms. The topological polar surface area (TPSA) is 52.6 Å². The van der Waals surface area contributed by atoms with E-state index in [9.17, 15) is 14.3 Å². The zero-order chi connectivity index (χ0) is 14.5. The van der Waals surface area contributed by atoms with E-state index in [1.807, 2.05) is 0 Å². The molecule has 0 saturated heterocycles. The maximum Gasteiger partial charge on any atom is 0.214 e. The fourth-order valence-electron chi connectivity index (χ4n) is 1.54. The van der Waals surface area contributed by atoms with Crippen LogP contribution >= 0.6 is 15.9 Å². The maximum atomic E-state index is 13.7. The van der Waals surface area contributed by atoms with Crippen LogP contribution in [0.3, 0.4) is 0 Å². The van der Waals surface area contributed by atoms with Gasteiger partial charge in [0.05, 0.1) is 11.3 Å². The monoisotopic (exact) mass is 332 g/mol. The van der Waals surface area contributed by atoms with E-state index >= 15 is 0 Å². The molecule has 106 valence electrons. The summed E-state index contributed by atoms with van der Waals surface area (Å²) in [6.07, 6.45) is 0.595. The Kier molecular flexibility index (Phi) is 5.90. The lowest BCUT2D eigenvalue weighted by Crippen LogP contribution is -2.39. The normalized spacial score (nSPS) is 11.4. The molecule has 0 aromatic heterocycles. The van der Waals surface area contributed by atoms with Gasteiger partial charge in [-0.2, -0.15) is 0 Å². The maximum absolute atomic E-state index is 13.7. The number of carbonyl (C=O) groups is 1. The van der Waals surface area contributed by atoms with Gasteiger partial charge in [0.15, 0.2) is 0 Å². The molecule has 19 heavy (non-hydrogen) atoms. The molecule has 1 amide bonds. The number of benzene rings is 1. The largest absolute Gasteiger partial charge is 0.389 e. The zero-order valence-corrected chi connectivity index (χ0v) is 12.6. The van der Waals surface area contributed by atoms with Crippen molar-refractivity contribution in [2.75, 3.05) is 24.5 Å². The molecule has 0 spiro atoms. The van der Waals surface area contributed by atoms with E-state index in [1.54, 1.807) is 26.0 Å². The van der Waals surface area contributed by atoms with E-state index in [4.69, 9.17) is 0 Å². The van der Waals surface area contributed by atoms with Crippen LogP contribution in [-0.4, -0.2) is 36.8 Å². The third-order valence-corrected chi connectivity index (χ3v) is 2.93. The van der Waals surface area contributed by atoms with Gasteiger partial charge in [0.1, 0.15) is 5.82 Å². The Morgan fingerprint density at radius 1 is 1.53 bits per heavy atom. The van der Waals surface area contributed by atoms with Crippen LogP contribution in [0.15, 0.2) is 22.7 Å². The minimum Gasteiger partial charge on any atom is -0.389 e. The van der Waals surface area contributed by atoms with Crippen molar-refractivity contribution in [1.82, 2.24) is 5.32 Å². The Morgan fingerprint density at radius 2 is 2.21 bits per heavy atom. The summed E-state index contributed by atoms with van der Waals surface area (Å²) in [4.78, 5) is 12.3. The molecule has 1 aromatic rings. The second kappa shape index (κ2) is 6.98. The summed E-state index contributed by atoms with van der Waals surface area (Å²) in [5, 5.41) is 12.5. The van der Waals surface area contributed by atoms with Crippen LogP contribution in [0.4, 0.5) is 10.1 Å². The molecule has 0 heterocycles. The van der Waals surface area contributed by atoms with Crippen LogP contribution in [0.1, 0.15) is 13.8 Å². The van der Waals surface area contributed by atoms with Crippen molar-refractivity contribution < 1.29 is 14.3 Å². The van der Waals surface area contributed by atoms with Crippen molar-refractivity contribution in [2.45, 2.75) is 19.4 Å². The molecule has 0 bridgehead atoms. The van der Waals surface area contributed by atoms with Crippen LogP contribution in [0.2, 0.25) is 0 Å². The van der Waals surface area contributed by atoms with Crippen molar-refractivity contribution in [2.24, 2.45) is 0 Å². The number of nitrogens with zero attached hydrogens (tertiary/aromatic N) is 1. The summed E-state index contributed by atoms with van der Waals surface area (Å²) < 4.78 is 14.3. The molecule has 0 aliphatic carbocycles. The Hall–Kier alpha value is -0.980.